The lowest BCUT2D eigenvalue weighted by molar-refractivity contribution is -0.177. The van der Waals surface area contributed by atoms with Crippen LogP contribution in [0.5, 0.6) is 0 Å². The van der Waals surface area contributed by atoms with E-state index < -0.39 is 18.1 Å². The first-order valence-corrected chi connectivity index (χ1v) is 9.51. The van der Waals surface area contributed by atoms with Crippen LogP contribution in [0.25, 0.3) is 16.9 Å². The molecule has 0 fully saturated rings. The van der Waals surface area contributed by atoms with Crippen LogP contribution in [0.4, 0.5) is 13.2 Å². The molecule has 0 amide bonds. The van der Waals surface area contributed by atoms with E-state index in [9.17, 15) is 23.1 Å². The number of benzene rings is 2. The minimum absolute atomic E-state index is 0.0131. The van der Waals surface area contributed by atoms with Crippen LogP contribution in [-0.4, -0.2) is 21.8 Å². The van der Waals surface area contributed by atoms with Gasteiger partial charge in [0.25, 0.3) is 0 Å². The number of nitrogens with zero attached hydrogens (tertiary/aromatic N) is 1. The van der Waals surface area contributed by atoms with Gasteiger partial charge in [0.15, 0.2) is 0 Å². The van der Waals surface area contributed by atoms with E-state index in [1.54, 1.807) is 30.3 Å². The quantitative estimate of drug-likeness (QED) is 0.552. The number of carbonyl (C=O) groups is 1. The summed E-state index contributed by atoms with van der Waals surface area (Å²) in [5.74, 6) is -2.42. The number of carboxylic acids is 1. The predicted molar refractivity (Wildman–Crippen MR) is 105 cm³/mol. The highest BCUT2D eigenvalue weighted by atomic mass is 35.5. The molecule has 1 atom stereocenters. The molecule has 1 aromatic heterocycles. The van der Waals surface area contributed by atoms with Crippen LogP contribution in [0.1, 0.15) is 28.0 Å². The fraction of sp³-hybridized carbons (Fsp3) is 0.227. The number of rotatable bonds is 3. The van der Waals surface area contributed by atoms with Crippen molar-refractivity contribution in [3.8, 4) is 16.9 Å². The summed E-state index contributed by atoms with van der Waals surface area (Å²) in [6.07, 6.45) is -4.03. The Morgan fingerprint density at radius 2 is 1.83 bits per heavy atom. The molecule has 3 aromatic rings. The fourth-order valence-electron chi connectivity index (χ4n) is 3.91. The Labute approximate surface area is 170 Å². The molecule has 29 heavy (non-hydrogen) atoms. The molecule has 0 saturated carbocycles. The number of hydrogen-bond donors (Lipinski definition) is 1. The fourth-order valence-corrected chi connectivity index (χ4v) is 4.04. The third kappa shape index (κ3) is 3.77. The molecule has 2 aromatic carbocycles. The van der Waals surface area contributed by atoms with Gasteiger partial charge in [0, 0.05) is 16.4 Å². The van der Waals surface area contributed by atoms with E-state index in [1.165, 1.54) is 12.1 Å². The van der Waals surface area contributed by atoms with Crippen LogP contribution < -0.4 is 0 Å². The van der Waals surface area contributed by atoms with E-state index in [4.69, 9.17) is 11.6 Å². The van der Waals surface area contributed by atoms with Crippen LogP contribution in [-0.2, 0) is 12.8 Å². The highest BCUT2D eigenvalue weighted by molar-refractivity contribution is 6.30. The summed E-state index contributed by atoms with van der Waals surface area (Å²) < 4.78 is 41.7. The molecule has 1 N–H and O–H groups in total. The summed E-state index contributed by atoms with van der Waals surface area (Å²) in [7, 11) is 0. The first-order valence-electron chi connectivity index (χ1n) is 9.14. The van der Waals surface area contributed by atoms with Crippen molar-refractivity contribution in [2.45, 2.75) is 25.4 Å². The second kappa shape index (κ2) is 7.26. The molecule has 1 heterocycles. The lowest BCUT2D eigenvalue weighted by atomic mass is 9.87. The number of hydrogen-bond acceptors (Lipinski definition) is 1. The molecule has 1 aliphatic carbocycles. The zero-order valence-electron chi connectivity index (χ0n) is 15.2. The summed E-state index contributed by atoms with van der Waals surface area (Å²) in [5, 5.41) is 9.89. The minimum atomic E-state index is -4.23. The van der Waals surface area contributed by atoms with Crippen molar-refractivity contribution in [3.05, 3.63) is 76.4 Å². The van der Waals surface area contributed by atoms with Gasteiger partial charge in [-0.1, -0.05) is 29.8 Å². The van der Waals surface area contributed by atoms with Gasteiger partial charge in [-0.25, -0.2) is 4.79 Å². The summed E-state index contributed by atoms with van der Waals surface area (Å²) in [5.41, 5.74) is 3.69. The maximum Gasteiger partial charge on any atom is 0.392 e. The summed E-state index contributed by atoms with van der Waals surface area (Å²) in [6, 6.07) is 15.3. The first kappa shape index (κ1) is 19.6. The number of alkyl halides is 3. The van der Waals surface area contributed by atoms with Gasteiger partial charge in [0.2, 0.25) is 0 Å². The Balaban J connectivity index is 1.89. The van der Waals surface area contributed by atoms with Crippen molar-refractivity contribution >= 4 is 17.6 Å². The van der Waals surface area contributed by atoms with E-state index in [-0.39, 0.29) is 24.8 Å². The minimum Gasteiger partial charge on any atom is -0.478 e. The average Bonchev–Trinajstić information content (AvgIpc) is 3.06. The zero-order chi connectivity index (χ0) is 20.8. The normalized spacial score (nSPS) is 16.5. The van der Waals surface area contributed by atoms with Crippen molar-refractivity contribution in [3.63, 3.8) is 0 Å². The number of aromatic nitrogens is 1. The van der Waals surface area contributed by atoms with Crippen LogP contribution >= 0.6 is 11.6 Å². The molecule has 0 aliphatic heterocycles. The van der Waals surface area contributed by atoms with Gasteiger partial charge in [-0.05, 0) is 66.8 Å². The Kier molecular flexibility index (Phi) is 4.90. The predicted octanol–water partition coefficient (Wildman–Crippen LogP) is 6.16. The molecule has 1 unspecified atom stereocenters. The molecular weight excluding hydrogens is 403 g/mol. The van der Waals surface area contributed by atoms with Crippen molar-refractivity contribution in [2.75, 3.05) is 0 Å². The molecule has 0 saturated heterocycles. The van der Waals surface area contributed by atoms with E-state index in [2.05, 4.69) is 0 Å². The molecule has 0 radical (unpaired) electrons. The topological polar surface area (TPSA) is 42.2 Å². The van der Waals surface area contributed by atoms with E-state index in [0.29, 0.717) is 16.3 Å². The van der Waals surface area contributed by atoms with E-state index >= 15 is 0 Å². The Morgan fingerprint density at radius 3 is 2.48 bits per heavy atom. The van der Waals surface area contributed by atoms with Gasteiger partial charge in [-0.2, -0.15) is 13.2 Å². The van der Waals surface area contributed by atoms with Crippen molar-refractivity contribution in [2.24, 2.45) is 5.92 Å². The van der Waals surface area contributed by atoms with Crippen molar-refractivity contribution in [1.82, 2.24) is 4.57 Å². The Hall–Kier alpha value is -2.73. The van der Waals surface area contributed by atoms with Gasteiger partial charge in [-0.15, -0.1) is 0 Å². The Morgan fingerprint density at radius 1 is 1.10 bits per heavy atom. The van der Waals surface area contributed by atoms with Crippen molar-refractivity contribution in [1.29, 1.82) is 0 Å². The number of carboxylic acid groups (broad SMARTS) is 1. The molecule has 7 heteroatoms. The van der Waals surface area contributed by atoms with Gasteiger partial charge in [0.05, 0.1) is 17.2 Å². The van der Waals surface area contributed by atoms with Gasteiger partial charge in [0.1, 0.15) is 0 Å². The third-order valence-electron chi connectivity index (χ3n) is 5.34. The smallest absolute Gasteiger partial charge is 0.392 e. The molecule has 0 spiro atoms. The second-order valence-corrected chi connectivity index (χ2v) is 7.62. The van der Waals surface area contributed by atoms with Crippen LogP contribution in [0, 0.1) is 5.92 Å². The molecular formula is C22H17ClF3NO2. The van der Waals surface area contributed by atoms with Gasteiger partial charge in [-0.3, -0.25) is 0 Å². The van der Waals surface area contributed by atoms with Gasteiger partial charge < -0.3 is 9.67 Å². The zero-order valence-corrected chi connectivity index (χ0v) is 16.0. The monoisotopic (exact) mass is 419 g/mol. The summed E-state index contributed by atoms with van der Waals surface area (Å²) in [6.45, 7) is 0. The molecule has 3 nitrogen and oxygen atoms in total. The highest BCUT2D eigenvalue weighted by Crippen LogP contribution is 2.41. The van der Waals surface area contributed by atoms with Crippen LogP contribution in [0.15, 0.2) is 54.6 Å². The number of fused-ring (bicyclic) bond motifs is 1. The van der Waals surface area contributed by atoms with Crippen LogP contribution in [0.3, 0.4) is 0 Å². The highest BCUT2D eigenvalue weighted by Gasteiger charge is 2.42. The largest absolute Gasteiger partial charge is 0.478 e. The third-order valence-corrected chi connectivity index (χ3v) is 5.59. The lowest BCUT2D eigenvalue weighted by Gasteiger charge is -2.26. The molecule has 0 bridgehead atoms. The SMILES string of the molecule is O=C(O)c1cccc(-n2c(-c3ccc(Cl)cc3)cc3c2CCC(C(F)(F)F)C3)c1. The van der Waals surface area contributed by atoms with E-state index in [0.717, 1.165) is 17.0 Å². The average molecular weight is 420 g/mol. The van der Waals surface area contributed by atoms with Crippen LogP contribution in [0.2, 0.25) is 5.02 Å². The van der Waals surface area contributed by atoms with Crippen molar-refractivity contribution < 1.29 is 23.1 Å². The van der Waals surface area contributed by atoms with Gasteiger partial charge >= 0.3 is 12.1 Å². The Bertz CT molecular complexity index is 1070. The van der Waals surface area contributed by atoms with E-state index in [1.807, 2.05) is 16.7 Å². The number of aromatic carboxylic acids is 1. The lowest BCUT2D eigenvalue weighted by Crippen LogP contribution is -2.29. The molecule has 1 aliphatic rings. The first-order chi connectivity index (χ1) is 13.7. The number of halogens is 4. The second-order valence-electron chi connectivity index (χ2n) is 7.18. The molecule has 150 valence electrons. The summed E-state index contributed by atoms with van der Waals surface area (Å²) in [4.78, 5) is 11.4. The summed E-state index contributed by atoms with van der Waals surface area (Å²) >= 11 is 5.98. The molecule has 4 rings (SSSR count). The maximum absolute atomic E-state index is 13.3. The maximum atomic E-state index is 13.3. The standard InChI is InChI=1S/C22H17ClF3NO2/c23-17-7-4-13(5-8-17)20-12-15-10-16(22(24,25)26)6-9-19(15)27(20)18-3-1-2-14(11-18)21(28)29/h1-5,7-8,11-12,16H,6,9-10H2,(H,28,29).